The largest absolute Gasteiger partial charge is 0.497 e. The molecule has 0 spiro atoms. The number of rotatable bonds is 5. The normalized spacial score (nSPS) is 14.6. The van der Waals surface area contributed by atoms with Gasteiger partial charge in [0.05, 0.1) is 30.9 Å². The van der Waals surface area contributed by atoms with E-state index in [2.05, 4.69) is 41.8 Å². The van der Waals surface area contributed by atoms with Gasteiger partial charge >= 0.3 is 0 Å². The zero-order valence-corrected chi connectivity index (χ0v) is 18.5. The summed E-state index contributed by atoms with van der Waals surface area (Å²) in [4.78, 5) is 13.3. The predicted octanol–water partition coefficient (Wildman–Crippen LogP) is 1.40. The van der Waals surface area contributed by atoms with E-state index < -0.39 is 0 Å². The van der Waals surface area contributed by atoms with Crippen LogP contribution in [0.25, 0.3) is 16.7 Å². The summed E-state index contributed by atoms with van der Waals surface area (Å²) in [5.41, 5.74) is 7.98. The maximum atomic E-state index is 14.4. The lowest BCUT2D eigenvalue weighted by molar-refractivity contribution is 0.245. The van der Waals surface area contributed by atoms with Gasteiger partial charge in [0, 0.05) is 38.8 Å². The van der Waals surface area contributed by atoms with Gasteiger partial charge in [-0.15, -0.1) is 5.10 Å². The third-order valence-electron chi connectivity index (χ3n) is 5.83. The third kappa shape index (κ3) is 3.89. The number of benzene rings is 1. The first-order chi connectivity index (χ1) is 16.1. The molecule has 0 aliphatic carbocycles. The molecule has 0 saturated carbocycles. The fourth-order valence-electron chi connectivity index (χ4n) is 4.10. The Kier molecular flexibility index (Phi) is 5.43. The van der Waals surface area contributed by atoms with Gasteiger partial charge in [-0.2, -0.15) is 19.6 Å². The van der Waals surface area contributed by atoms with Crippen LogP contribution < -0.4 is 15.4 Å². The van der Waals surface area contributed by atoms with Crippen LogP contribution in [0, 0.1) is 17.7 Å². The Balaban J connectivity index is 1.26. The number of halogens is 1. The van der Waals surface area contributed by atoms with Crippen LogP contribution in [0.2, 0.25) is 0 Å². The molecule has 0 radical (unpaired) electrons. The molecule has 0 bridgehead atoms. The number of fused-ring (bicyclic) bond motifs is 3. The van der Waals surface area contributed by atoms with Crippen molar-refractivity contribution < 1.29 is 9.13 Å². The van der Waals surface area contributed by atoms with Gasteiger partial charge in [0.1, 0.15) is 11.6 Å². The average Bonchev–Trinajstić information content (AvgIpc) is 3.43. The maximum Gasteiger partial charge on any atom is 0.226 e. The van der Waals surface area contributed by atoms with E-state index in [1.807, 2.05) is 4.68 Å². The van der Waals surface area contributed by atoms with E-state index in [-0.39, 0.29) is 11.8 Å². The summed E-state index contributed by atoms with van der Waals surface area (Å²) >= 11 is 0. The first-order valence-corrected chi connectivity index (χ1v) is 10.7. The average molecular weight is 449 g/mol. The number of methoxy groups -OCH3 is 1. The fourth-order valence-corrected chi connectivity index (χ4v) is 4.10. The van der Waals surface area contributed by atoms with E-state index >= 15 is 0 Å². The van der Waals surface area contributed by atoms with Crippen molar-refractivity contribution in [2.45, 2.75) is 13.5 Å². The summed E-state index contributed by atoms with van der Waals surface area (Å²) in [5.74, 6) is 6.54. The zero-order valence-electron chi connectivity index (χ0n) is 18.5. The van der Waals surface area contributed by atoms with Gasteiger partial charge in [-0.05, 0) is 25.0 Å². The Morgan fingerprint density at radius 2 is 1.94 bits per heavy atom. The van der Waals surface area contributed by atoms with E-state index in [1.165, 1.54) is 17.7 Å². The van der Waals surface area contributed by atoms with Gasteiger partial charge in [-0.3, -0.25) is 4.90 Å². The highest BCUT2D eigenvalue weighted by Gasteiger charge is 2.21. The molecule has 1 saturated heterocycles. The molecule has 0 amide bonds. The Morgan fingerprint density at radius 1 is 1.12 bits per heavy atom. The van der Waals surface area contributed by atoms with Gasteiger partial charge in [0.15, 0.2) is 11.3 Å². The molecule has 4 aromatic rings. The number of hydrogen-bond acceptors (Lipinski definition) is 8. The van der Waals surface area contributed by atoms with Crippen molar-refractivity contribution in [1.82, 2.24) is 34.3 Å². The number of anilines is 2. The minimum absolute atomic E-state index is 0.242. The summed E-state index contributed by atoms with van der Waals surface area (Å²) in [6.45, 7) is 6.32. The molecule has 1 fully saturated rings. The molecule has 0 atom stereocenters. The number of piperazine rings is 1. The summed E-state index contributed by atoms with van der Waals surface area (Å²) in [6.07, 6.45) is 1.74. The van der Waals surface area contributed by atoms with Crippen LogP contribution >= 0.6 is 0 Å². The number of nitrogens with two attached hydrogens (primary N) is 1. The fraction of sp³-hybridized carbons (Fsp3) is 0.364. The quantitative estimate of drug-likeness (QED) is 0.456. The van der Waals surface area contributed by atoms with Gasteiger partial charge in [0.25, 0.3) is 0 Å². The highest BCUT2D eigenvalue weighted by molar-refractivity contribution is 5.89. The van der Waals surface area contributed by atoms with Crippen molar-refractivity contribution in [2.24, 2.45) is 0 Å². The van der Waals surface area contributed by atoms with Crippen LogP contribution in [0.3, 0.4) is 0 Å². The van der Waals surface area contributed by atoms with E-state index in [9.17, 15) is 4.39 Å². The van der Waals surface area contributed by atoms with E-state index in [1.54, 1.807) is 25.3 Å². The second-order valence-electron chi connectivity index (χ2n) is 7.77. The molecule has 2 N–H and O–H groups in total. The first-order valence-electron chi connectivity index (χ1n) is 10.7. The molecule has 11 heteroatoms. The molecule has 33 heavy (non-hydrogen) atoms. The SMILES string of the molecule is CC#Cc1nc2c3cnn(CCN4CCN(c5ccc(OC)cc5F)CC4)c3nc(N)n2n1. The number of hydrogen-bond donors (Lipinski definition) is 1. The molecule has 170 valence electrons. The zero-order chi connectivity index (χ0) is 22.9. The topological polar surface area (TPSA) is 103 Å². The van der Waals surface area contributed by atoms with Crippen molar-refractivity contribution in [2.75, 3.05) is 50.5 Å². The second kappa shape index (κ2) is 8.55. The minimum Gasteiger partial charge on any atom is -0.497 e. The van der Waals surface area contributed by atoms with E-state index in [0.29, 0.717) is 35.1 Å². The molecule has 4 heterocycles. The molecule has 10 nitrogen and oxygen atoms in total. The minimum atomic E-state index is -0.262. The number of nitrogens with zero attached hydrogens (tertiary/aromatic N) is 8. The van der Waals surface area contributed by atoms with Crippen LogP contribution in [-0.4, -0.2) is 74.1 Å². The summed E-state index contributed by atoms with van der Waals surface area (Å²) in [6, 6.07) is 4.99. The predicted molar refractivity (Wildman–Crippen MR) is 123 cm³/mol. The molecule has 1 aromatic carbocycles. The lowest BCUT2D eigenvalue weighted by atomic mass is 10.2. The van der Waals surface area contributed by atoms with Crippen LogP contribution in [0.4, 0.5) is 16.0 Å². The Hall–Kier alpha value is -3.91. The maximum absolute atomic E-state index is 14.4. The van der Waals surface area contributed by atoms with Crippen molar-refractivity contribution >= 4 is 28.3 Å². The van der Waals surface area contributed by atoms with Gasteiger partial charge in [-0.1, -0.05) is 5.92 Å². The highest BCUT2D eigenvalue weighted by Crippen LogP contribution is 2.25. The number of aromatic nitrogens is 6. The van der Waals surface area contributed by atoms with Crippen molar-refractivity contribution in [3.63, 3.8) is 0 Å². The van der Waals surface area contributed by atoms with Crippen LogP contribution in [-0.2, 0) is 6.54 Å². The van der Waals surface area contributed by atoms with Crippen molar-refractivity contribution in [3.05, 3.63) is 36.0 Å². The van der Waals surface area contributed by atoms with Crippen LogP contribution in [0.5, 0.6) is 5.75 Å². The molecular formula is C22H24FN9O. The summed E-state index contributed by atoms with van der Waals surface area (Å²) < 4.78 is 22.8. The van der Waals surface area contributed by atoms with Crippen LogP contribution in [0.1, 0.15) is 12.7 Å². The first kappa shape index (κ1) is 21.0. The van der Waals surface area contributed by atoms with E-state index in [0.717, 1.165) is 38.1 Å². The summed E-state index contributed by atoms with van der Waals surface area (Å²) in [7, 11) is 1.53. The van der Waals surface area contributed by atoms with Crippen molar-refractivity contribution in [1.29, 1.82) is 0 Å². The smallest absolute Gasteiger partial charge is 0.226 e. The second-order valence-corrected chi connectivity index (χ2v) is 7.77. The third-order valence-corrected chi connectivity index (χ3v) is 5.83. The van der Waals surface area contributed by atoms with Gasteiger partial charge in [-0.25, -0.2) is 9.07 Å². The monoisotopic (exact) mass is 449 g/mol. The van der Waals surface area contributed by atoms with Gasteiger partial charge < -0.3 is 15.4 Å². The summed E-state index contributed by atoms with van der Waals surface area (Å²) in [5, 5.41) is 9.57. The number of nitrogen functional groups attached to an aromatic ring is 1. The van der Waals surface area contributed by atoms with Crippen LogP contribution in [0.15, 0.2) is 24.4 Å². The molecule has 1 aliphatic rings. The Bertz CT molecular complexity index is 1380. The molecule has 5 rings (SSSR count). The molecule has 0 unspecified atom stereocenters. The Morgan fingerprint density at radius 3 is 2.67 bits per heavy atom. The highest BCUT2D eigenvalue weighted by atomic mass is 19.1. The Labute approximate surface area is 189 Å². The molecule has 1 aliphatic heterocycles. The lowest BCUT2D eigenvalue weighted by Crippen LogP contribution is -2.47. The molecular weight excluding hydrogens is 425 g/mol. The molecule has 3 aromatic heterocycles. The lowest BCUT2D eigenvalue weighted by Gasteiger charge is -2.36. The van der Waals surface area contributed by atoms with Gasteiger partial charge in [0.2, 0.25) is 11.8 Å². The van der Waals surface area contributed by atoms with Crippen molar-refractivity contribution in [3.8, 4) is 17.6 Å². The standard InChI is InChI=1S/C22H24FN9O/c1-3-4-19-26-21-16-14-25-31(20(16)27-22(24)32(21)28-19)12-9-29-7-10-30(11-8-29)18-6-5-15(33-2)13-17(18)23/h5-6,13-14H,7-12H2,1-2H3,(H2,24,27). The van der Waals surface area contributed by atoms with E-state index in [4.69, 9.17) is 10.5 Å². The number of ether oxygens (including phenoxy) is 1.